The molecule has 2 aromatic rings. The molecule has 1 saturated heterocycles. The van der Waals surface area contributed by atoms with Gasteiger partial charge in [-0.05, 0) is 25.5 Å². The molecule has 1 amide bonds. The zero-order valence-electron chi connectivity index (χ0n) is 13.0. The van der Waals surface area contributed by atoms with Gasteiger partial charge in [0.2, 0.25) is 0 Å². The molecular weight excluding hydrogens is 294 g/mol. The van der Waals surface area contributed by atoms with Crippen LogP contribution in [0.4, 0.5) is 0 Å². The van der Waals surface area contributed by atoms with Crippen LogP contribution < -0.4 is 9.47 Å². The number of nitrogens with one attached hydrogen (secondary N) is 1. The summed E-state index contributed by atoms with van der Waals surface area (Å²) in [5.74, 6) is 2.45. The summed E-state index contributed by atoms with van der Waals surface area (Å²) in [6.07, 6.45) is 2.75. The number of para-hydroxylation sites is 1. The second-order valence-electron chi connectivity index (χ2n) is 6.02. The Balaban J connectivity index is 1.54. The van der Waals surface area contributed by atoms with E-state index in [0.29, 0.717) is 36.8 Å². The van der Waals surface area contributed by atoms with Gasteiger partial charge in [-0.3, -0.25) is 4.79 Å². The van der Waals surface area contributed by atoms with Crippen molar-refractivity contribution in [3.05, 3.63) is 41.5 Å². The number of aryl methyl sites for hydroxylation is 1. The van der Waals surface area contributed by atoms with Gasteiger partial charge in [0, 0.05) is 30.9 Å². The number of benzene rings is 1. The number of carbonyl (C=O) groups excluding carboxylic acids is 1. The van der Waals surface area contributed by atoms with Crippen molar-refractivity contribution in [3.8, 4) is 11.5 Å². The van der Waals surface area contributed by atoms with Gasteiger partial charge in [-0.1, -0.05) is 6.07 Å². The molecule has 2 aliphatic rings. The SMILES string of the molecule is Cc1cnc([C@H]2CCN(C(=O)c3cccc4c3OCCO4)C2)[nH]1. The molecule has 120 valence electrons. The van der Waals surface area contributed by atoms with E-state index < -0.39 is 0 Å². The highest BCUT2D eigenvalue weighted by molar-refractivity contribution is 5.98. The van der Waals surface area contributed by atoms with Gasteiger partial charge in [-0.2, -0.15) is 0 Å². The van der Waals surface area contributed by atoms with Crippen LogP contribution in [0.2, 0.25) is 0 Å². The number of fused-ring (bicyclic) bond motifs is 1. The minimum absolute atomic E-state index is 0.00173. The minimum Gasteiger partial charge on any atom is -0.486 e. The Morgan fingerprint density at radius 3 is 3.04 bits per heavy atom. The molecule has 1 fully saturated rings. The molecule has 0 unspecified atom stereocenters. The molecule has 0 bridgehead atoms. The number of hydrogen-bond acceptors (Lipinski definition) is 4. The smallest absolute Gasteiger partial charge is 0.257 e. The van der Waals surface area contributed by atoms with Crippen molar-refractivity contribution in [2.45, 2.75) is 19.3 Å². The summed E-state index contributed by atoms with van der Waals surface area (Å²) in [5.41, 5.74) is 1.63. The molecule has 4 rings (SSSR count). The Bertz CT molecular complexity index is 740. The van der Waals surface area contributed by atoms with Crippen molar-refractivity contribution in [2.75, 3.05) is 26.3 Å². The quantitative estimate of drug-likeness (QED) is 0.922. The number of H-pyrrole nitrogens is 1. The summed E-state index contributed by atoms with van der Waals surface area (Å²) in [7, 11) is 0. The van der Waals surface area contributed by atoms with Gasteiger partial charge in [0.25, 0.3) is 5.91 Å². The number of hydrogen-bond donors (Lipinski definition) is 1. The first-order valence-corrected chi connectivity index (χ1v) is 7.92. The summed E-state index contributed by atoms with van der Waals surface area (Å²) < 4.78 is 11.2. The van der Waals surface area contributed by atoms with E-state index >= 15 is 0 Å². The predicted molar refractivity (Wildman–Crippen MR) is 84.0 cm³/mol. The van der Waals surface area contributed by atoms with E-state index in [9.17, 15) is 4.79 Å². The summed E-state index contributed by atoms with van der Waals surface area (Å²) >= 11 is 0. The number of ether oxygens (including phenoxy) is 2. The highest BCUT2D eigenvalue weighted by Gasteiger charge is 2.32. The standard InChI is InChI=1S/C17H19N3O3/c1-11-9-18-16(19-11)12-5-6-20(10-12)17(21)13-3-2-4-14-15(13)23-8-7-22-14/h2-4,9,12H,5-8,10H2,1H3,(H,18,19)/t12-/m0/s1. The fourth-order valence-electron chi connectivity index (χ4n) is 3.22. The van der Waals surface area contributed by atoms with E-state index in [-0.39, 0.29) is 11.8 Å². The van der Waals surface area contributed by atoms with Crippen LogP contribution in [0, 0.1) is 6.92 Å². The Morgan fingerprint density at radius 2 is 2.22 bits per heavy atom. The Kier molecular flexibility index (Phi) is 3.44. The van der Waals surface area contributed by atoms with Crippen LogP contribution in [0.25, 0.3) is 0 Å². The van der Waals surface area contributed by atoms with E-state index in [2.05, 4.69) is 9.97 Å². The lowest BCUT2D eigenvalue weighted by molar-refractivity contribution is 0.0780. The zero-order chi connectivity index (χ0) is 15.8. The van der Waals surface area contributed by atoms with Gasteiger partial charge in [-0.25, -0.2) is 4.98 Å². The zero-order valence-corrected chi connectivity index (χ0v) is 13.0. The number of imidazole rings is 1. The van der Waals surface area contributed by atoms with E-state index in [4.69, 9.17) is 9.47 Å². The summed E-state index contributed by atoms with van der Waals surface area (Å²) in [6.45, 7) is 4.39. The second-order valence-corrected chi connectivity index (χ2v) is 6.02. The largest absolute Gasteiger partial charge is 0.486 e. The molecule has 1 N–H and O–H groups in total. The second kappa shape index (κ2) is 5.61. The molecule has 1 aromatic carbocycles. The highest BCUT2D eigenvalue weighted by atomic mass is 16.6. The van der Waals surface area contributed by atoms with Gasteiger partial charge >= 0.3 is 0 Å². The Morgan fingerprint density at radius 1 is 1.35 bits per heavy atom. The Labute approximate surface area is 134 Å². The lowest BCUT2D eigenvalue weighted by atomic mass is 10.1. The molecule has 0 spiro atoms. The maximum absolute atomic E-state index is 12.9. The van der Waals surface area contributed by atoms with Crippen LogP contribution in [0.15, 0.2) is 24.4 Å². The number of aromatic nitrogens is 2. The van der Waals surface area contributed by atoms with E-state index in [0.717, 1.165) is 24.5 Å². The Hall–Kier alpha value is -2.50. The third kappa shape index (κ3) is 2.54. The molecule has 1 aromatic heterocycles. The highest BCUT2D eigenvalue weighted by Crippen LogP contribution is 2.35. The maximum Gasteiger partial charge on any atom is 0.257 e. The maximum atomic E-state index is 12.9. The fourth-order valence-corrected chi connectivity index (χ4v) is 3.22. The molecule has 23 heavy (non-hydrogen) atoms. The van der Waals surface area contributed by atoms with Gasteiger partial charge in [-0.15, -0.1) is 0 Å². The average molecular weight is 313 g/mol. The summed E-state index contributed by atoms with van der Waals surface area (Å²) in [6, 6.07) is 5.48. The minimum atomic E-state index is -0.00173. The van der Waals surface area contributed by atoms with Crippen molar-refractivity contribution in [1.82, 2.24) is 14.9 Å². The van der Waals surface area contributed by atoms with Gasteiger partial charge in [0.1, 0.15) is 19.0 Å². The van der Waals surface area contributed by atoms with Crippen LogP contribution in [-0.4, -0.2) is 47.1 Å². The molecule has 0 radical (unpaired) electrons. The van der Waals surface area contributed by atoms with Gasteiger partial charge in [0.15, 0.2) is 11.5 Å². The molecule has 3 heterocycles. The predicted octanol–water partition coefficient (Wildman–Crippen LogP) is 2.12. The topological polar surface area (TPSA) is 67.5 Å². The molecule has 0 saturated carbocycles. The molecular formula is C17H19N3O3. The third-order valence-electron chi connectivity index (χ3n) is 4.38. The van der Waals surface area contributed by atoms with Crippen LogP contribution in [0.1, 0.15) is 34.2 Å². The van der Waals surface area contributed by atoms with E-state index in [1.165, 1.54) is 0 Å². The molecule has 6 heteroatoms. The first-order valence-electron chi connectivity index (χ1n) is 7.92. The normalized spacial score (nSPS) is 19.9. The van der Waals surface area contributed by atoms with Gasteiger partial charge < -0.3 is 19.4 Å². The first kappa shape index (κ1) is 14.1. The number of amides is 1. The van der Waals surface area contributed by atoms with Crippen LogP contribution in [0.3, 0.4) is 0 Å². The van der Waals surface area contributed by atoms with Crippen LogP contribution in [0.5, 0.6) is 11.5 Å². The number of likely N-dealkylation sites (tertiary alicyclic amines) is 1. The average Bonchev–Trinajstić information content (AvgIpc) is 3.22. The first-order chi connectivity index (χ1) is 11.2. The number of nitrogens with zero attached hydrogens (tertiary/aromatic N) is 2. The monoisotopic (exact) mass is 313 g/mol. The third-order valence-corrected chi connectivity index (χ3v) is 4.38. The number of carbonyl (C=O) groups is 1. The summed E-state index contributed by atoms with van der Waals surface area (Å²) in [4.78, 5) is 22.4. The van der Waals surface area contributed by atoms with Crippen molar-refractivity contribution in [3.63, 3.8) is 0 Å². The number of rotatable bonds is 2. The van der Waals surface area contributed by atoms with Crippen molar-refractivity contribution >= 4 is 5.91 Å². The van der Waals surface area contributed by atoms with Crippen LogP contribution in [-0.2, 0) is 0 Å². The molecule has 1 atom stereocenters. The van der Waals surface area contributed by atoms with E-state index in [1.807, 2.05) is 30.2 Å². The number of aromatic amines is 1. The summed E-state index contributed by atoms with van der Waals surface area (Å²) in [5, 5.41) is 0. The van der Waals surface area contributed by atoms with Crippen molar-refractivity contribution in [1.29, 1.82) is 0 Å². The lowest BCUT2D eigenvalue weighted by Gasteiger charge is -2.23. The molecule has 2 aliphatic heterocycles. The van der Waals surface area contributed by atoms with Crippen molar-refractivity contribution in [2.24, 2.45) is 0 Å². The fraction of sp³-hybridized carbons (Fsp3) is 0.412. The van der Waals surface area contributed by atoms with Crippen LogP contribution >= 0.6 is 0 Å². The molecule has 0 aliphatic carbocycles. The van der Waals surface area contributed by atoms with Gasteiger partial charge in [0.05, 0.1) is 5.56 Å². The lowest BCUT2D eigenvalue weighted by Crippen LogP contribution is -2.30. The van der Waals surface area contributed by atoms with E-state index in [1.54, 1.807) is 6.07 Å². The molecule has 6 nitrogen and oxygen atoms in total. The van der Waals surface area contributed by atoms with Crippen molar-refractivity contribution < 1.29 is 14.3 Å².